The van der Waals surface area contributed by atoms with E-state index in [1.807, 2.05) is 12.1 Å². The van der Waals surface area contributed by atoms with Crippen LogP contribution in [-0.4, -0.2) is 18.5 Å². The van der Waals surface area contributed by atoms with Crippen LogP contribution in [0.3, 0.4) is 0 Å². The summed E-state index contributed by atoms with van der Waals surface area (Å²) in [4.78, 5) is 2.36. The summed E-state index contributed by atoms with van der Waals surface area (Å²) in [6.45, 7) is 8.96. The van der Waals surface area contributed by atoms with E-state index in [4.69, 9.17) is 5.73 Å². The Labute approximate surface area is 106 Å². The maximum absolute atomic E-state index is 5.95. The van der Waals surface area contributed by atoms with Gasteiger partial charge in [0.2, 0.25) is 0 Å². The Bertz CT molecular complexity index is 333. The number of para-hydroxylation sites is 1. The summed E-state index contributed by atoms with van der Waals surface area (Å²) >= 11 is 0. The van der Waals surface area contributed by atoms with Gasteiger partial charge in [0, 0.05) is 18.8 Å². The van der Waals surface area contributed by atoms with Gasteiger partial charge < -0.3 is 10.6 Å². The lowest BCUT2D eigenvalue weighted by Gasteiger charge is -2.23. The van der Waals surface area contributed by atoms with Crippen molar-refractivity contribution < 1.29 is 0 Å². The van der Waals surface area contributed by atoms with Crippen LogP contribution < -0.4 is 5.73 Å². The first kappa shape index (κ1) is 14.0. The maximum Gasteiger partial charge on any atom is 0.0359 e. The average molecular weight is 234 g/mol. The molecule has 0 aromatic heterocycles. The molecule has 0 radical (unpaired) electrons. The zero-order valence-electron chi connectivity index (χ0n) is 11.6. The van der Waals surface area contributed by atoms with Crippen molar-refractivity contribution in [3.05, 3.63) is 29.8 Å². The van der Waals surface area contributed by atoms with Crippen LogP contribution in [0.25, 0.3) is 0 Å². The predicted molar refractivity (Wildman–Crippen MR) is 75.8 cm³/mol. The SMILES string of the molecule is CC(C)CC(C)CN(C)Cc1ccccc1N. The number of nitrogens with zero attached hydrogens (tertiary/aromatic N) is 1. The minimum absolute atomic E-state index is 0.741. The summed E-state index contributed by atoms with van der Waals surface area (Å²) in [5, 5.41) is 0. The molecule has 1 rings (SSSR count). The molecule has 0 saturated heterocycles. The van der Waals surface area contributed by atoms with Crippen molar-refractivity contribution >= 4 is 5.69 Å². The number of hydrogen-bond acceptors (Lipinski definition) is 2. The first-order valence-corrected chi connectivity index (χ1v) is 6.51. The summed E-state index contributed by atoms with van der Waals surface area (Å²) < 4.78 is 0. The molecule has 0 fully saturated rings. The van der Waals surface area contributed by atoms with E-state index in [1.165, 1.54) is 12.0 Å². The molecular formula is C15H26N2. The number of nitrogens with two attached hydrogens (primary N) is 1. The molecule has 1 aromatic carbocycles. The van der Waals surface area contributed by atoms with Gasteiger partial charge in [-0.05, 0) is 36.9 Å². The number of nitrogen functional groups attached to an aromatic ring is 1. The van der Waals surface area contributed by atoms with Gasteiger partial charge in [0.15, 0.2) is 0 Å². The quantitative estimate of drug-likeness (QED) is 0.765. The zero-order valence-corrected chi connectivity index (χ0v) is 11.6. The topological polar surface area (TPSA) is 29.3 Å². The third-order valence-electron chi connectivity index (χ3n) is 2.99. The molecule has 0 saturated carbocycles. The summed E-state index contributed by atoms with van der Waals surface area (Å²) in [7, 11) is 2.17. The highest BCUT2D eigenvalue weighted by Crippen LogP contribution is 2.16. The highest BCUT2D eigenvalue weighted by atomic mass is 15.1. The number of hydrogen-bond donors (Lipinski definition) is 1. The Hall–Kier alpha value is -1.02. The third-order valence-corrected chi connectivity index (χ3v) is 2.99. The summed E-state index contributed by atoms with van der Waals surface area (Å²) in [6.07, 6.45) is 1.29. The summed E-state index contributed by atoms with van der Waals surface area (Å²) in [6, 6.07) is 8.12. The van der Waals surface area contributed by atoms with Crippen molar-refractivity contribution in [2.75, 3.05) is 19.3 Å². The second kappa shape index (κ2) is 6.65. The highest BCUT2D eigenvalue weighted by Gasteiger charge is 2.09. The van der Waals surface area contributed by atoms with Crippen LogP contribution in [0.15, 0.2) is 24.3 Å². The first-order valence-electron chi connectivity index (χ1n) is 6.51. The Morgan fingerprint density at radius 3 is 2.41 bits per heavy atom. The normalized spacial score (nSPS) is 13.3. The smallest absolute Gasteiger partial charge is 0.0359 e. The highest BCUT2D eigenvalue weighted by molar-refractivity contribution is 5.46. The fraction of sp³-hybridized carbons (Fsp3) is 0.600. The van der Waals surface area contributed by atoms with Crippen molar-refractivity contribution in [3.8, 4) is 0 Å². The van der Waals surface area contributed by atoms with Gasteiger partial charge >= 0.3 is 0 Å². The minimum Gasteiger partial charge on any atom is -0.398 e. The van der Waals surface area contributed by atoms with Gasteiger partial charge in [-0.2, -0.15) is 0 Å². The van der Waals surface area contributed by atoms with Crippen LogP contribution >= 0.6 is 0 Å². The van der Waals surface area contributed by atoms with Crippen molar-refractivity contribution in [1.29, 1.82) is 0 Å². The van der Waals surface area contributed by atoms with Crippen LogP contribution in [0.2, 0.25) is 0 Å². The molecule has 1 aromatic rings. The van der Waals surface area contributed by atoms with E-state index in [9.17, 15) is 0 Å². The largest absolute Gasteiger partial charge is 0.398 e. The average Bonchev–Trinajstić information content (AvgIpc) is 2.19. The lowest BCUT2D eigenvalue weighted by Crippen LogP contribution is -2.25. The van der Waals surface area contributed by atoms with Crippen LogP contribution in [0.4, 0.5) is 5.69 Å². The van der Waals surface area contributed by atoms with Crippen LogP contribution in [0.1, 0.15) is 32.8 Å². The fourth-order valence-corrected chi connectivity index (χ4v) is 2.44. The molecule has 1 atom stereocenters. The monoisotopic (exact) mass is 234 g/mol. The molecule has 0 aliphatic heterocycles. The predicted octanol–water partition coefficient (Wildman–Crippen LogP) is 3.38. The van der Waals surface area contributed by atoms with Crippen molar-refractivity contribution in [2.45, 2.75) is 33.7 Å². The second-order valence-electron chi connectivity index (χ2n) is 5.63. The molecule has 2 heteroatoms. The van der Waals surface area contributed by atoms with Gasteiger partial charge in [0.1, 0.15) is 0 Å². The van der Waals surface area contributed by atoms with Gasteiger partial charge in [-0.25, -0.2) is 0 Å². The zero-order chi connectivity index (χ0) is 12.8. The lowest BCUT2D eigenvalue weighted by atomic mass is 9.98. The lowest BCUT2D eigenvalue weighted by molar-refractivity contribution is 0.258. The molecule has 0 aliphatic rings. The standard InChI is InChI=1S/C15H26N2/c1-12(2)9-13(3)10-17(4)11-14-7-5-6-8-15(14)16/h5-8,12-13H,9-11,16H2,1-4H3. The Balaban J connectivity index is 2.44. The van der Waals surface area contributed by atoms with Gasteiger partial charge in [-0.15, -0.1) is 0 Å². The van der Waals surface area contributed by atoms with E-state index in [0.29, 0.717) is 0 Å². The summed E-state index contributed by atoms with van der Waals surface area (Å²) in [5.74, 6) is 1.52. The van der Waals surface area contributed by atoms with Crippen LogP contribution in [-0.2, 0) is 6.54 Å². The minimum atomic E-state index is 0.741. The molecule has 0 spiro atoms. The molecule has 0 aliphatic carbocycles. The van der Waals surface area contributed by atoms with Crippen molar-refractivity contribution in [2.24, 2.45) is 11.8 Å². The molecular weight excluding hydrogens is 208 g/mol. The molecule has 17 heavy (non-hydrogen) atoms. The molecule has 96 valence electrons. The number of benzene rings is 1. The third kappa shape index (κ3) is 5.22. The van der Waals surface area contributed by atoms with E-state index in [-0.39, 0.29) is 0 Å². The van der Waals surface area contributed by atoms with E-state index in [0.717, 1.165) is 30.6 Å². The number of anilines is 1. The number of rotatable bonds is 6. The van der Waals surface area contributed by atoms with E-state index in [1.54, 1.807) is 0 Å². The van der Waals surface area contributed by atoms with Crippen molar-refractivity contribution in [3.63, 3.8) is 0 Å². The summed E-state index contributed by atoms with van der Waals surface area (Å²) in [5.41, 5.74) is 8.08. The van der Waals surface area contributed by atoms with E-state index in [2.05, 4.69) is 44.9 Å². The molecule has 0 amide bonds. The van der Waals surface area contributed by atoms with Crippen molar-refractivity contribution in [1.82, 2.24) is 4.90 Å². The molecule has 0 heterocycles. The van der Waals surface area contributed by atoms with Gasteiger partial charge in [0.05, 0.1) is 0 Å². The van der Waals surface area contributed by atoms with Gasteiger partial charge in [-0.3, -0.25) is 0 Å². The Morgan fingerprint density at radius 2 is 1.82 bits per heavy atom. The fourth-order valence-electron chi connectivity index (χ4n) is 2.44. The second-order valence-corrected chi connectivity index (χ2v) is 5.63. The Kier molecular flexibility index (Phi) is 5.49. The van der Waals surface area contributed by atoms with Crippen LogP contribution in [0.5, 0.6) is 0 Å². The van der Waals surface area contributed by atoms with Crippen LogP contribution in [0, 0.1) is 11.8 Å². The van der Waals surface area contributed by atoms with E-state index >= 15 is 0 Å². The molecule has 2 N–H and O–H groups in total. The first-order chi connectivity index (χ1) is 7.99. The molecule has 1 unspecified atom stereocenters. The van der Waals surface area contributed by atoms with Gasteiger partial charge in [0.25, 0.3) is 0 Å². The maximum atomic E-state index is 5.95. The molecule has 2 nitrogen and oxygen atoms in total. The molecule has 0 bridgehead atoms. The Morgan fingerprint density at radius 1 is 1.18 bits per heavy atom. The van der Waals surface area contributed by atoms with E-state index < -0.39 is 0 Å². The van der Waals surface area contributed by atoms with Gasteiger partial charge in [-0.1, -0.05) is 39.0 Å².